The second-order valence-electron chi connectivity index (χ2n) is 6.02. The van der Waals surface area contributed by atoms with Gasteiger partial charge in [-0.3, -0.25) is 9.62 Å². The normalized spacial score (nSPS) is 15.6. The minimum Gasteiger partial charge on any atom is -0.384 e. The van der Waals surface area contributed by atoms with E-state index in [-0.39, 0.29) is 4.90 Å². The predicted molar refractivity (Wildman–Crippen MR) is 104 cm³/mol. The lowest BCUT2D eigenvalue weighted by atomic mass is 10.3. The van der Waals surface area contributed by atoms with E-state index in [1.165, 1.54) is 12.1 Å². The minimum absolute atomic E-state index is 0.176. The molecule has 0 aromatic heterocycles. The Balaban J connectivity index is 1.53. The van der Waals surface area contributed by atoms with E-state index in [2.05, 4.69) is 14.9 Å². The quantitative estimate of drug-likeness (QED) is 0.754. The number of morpholine rings is 1. The molecule has 26 heavy (non-hydrogen) atoms. The zero-order chi connectivity index (χ0) is 18.4. The van der Waals surface area contributed by atoms with Crippen LogP contribution in [0.25, 0.3) is 0 Å². The molecule has 1 aliphatic rings. The highest BCUT2D eigenvalue weighted by atomic mass is 35.5. The number of sulfonamides is 1. The molecule has 1 heterocycles. The second-order valence-corrected chi connectivity index (χ2v) is 8.14. The largest absolute Gasteiger partial charge is 0.384 e. The molecule has 140 valence electrons. The first-order valence-electron chi connectivity index (χ1n) is 8.45. The Bertz CT molecular complexity index is 805. The van der Waals surface area contributed by atoms with E-state index in [4.69, 9.17) is 16.3 Å². The van der Waals surface area contributed by atoms with Gasteiger partial charge in [0, 0.05) is 42.6 Å². The number of anilines is 2. The third-order valence-corrected chi connectivity index (χ3v) is 5.77. The summed E-state index contributed by atoms with van der Waals surface area (Å²) in [4.78, 5) is 2.53. The smallest absolute Gasteiger partial charge is 0.261 e. The van der Waals surface area contributed by atoms with Crippen molar-refractivity contribution in [3.05, 3.63) is 53.6 Å². The highest BCUT2D eigenvalue weighted by molar-refractivity contribution is 7.92. The van der Waals surface area contributed by atoms with Crippen molar-refractivity contribution in [2.45, 2.75) is 4.90 Å². The summed E-state index contributed by atoms with van der Waals surface area (Å²) in [5, 5.41) is 3.84. The molecule has 0 spiro atoms. The molecule has 2 aromatic rings. The van der Waals surface area contributed by atoms with Gasteiger partial charge in [-0.25, -0.2) is 8.42 Å². The zero-order valence-electron chi connectivity index (χ0n) is 14.3. The van der Waals surface area contributed by atoms with Crippen LogP contribution in [-0.4, -0.2) is 52.7 Å². The van der Waals surface area contributed by atoms with Gasteiger partial charge in [0.2, 0.25) is 0 Å². The summed E-state index contributed by atoms with van der Waals surface area (Å²) in [6.45, 7) is 5.30. The summed E-state index contributed by atoms with van der Waals surface area (Å²) >= 11 is 5.80. The number of hydrogen-bond acceptors (Lipinski definition) is 5. The number of nitrogens with zero attached hydrogens (tertiary/aromatic N) is 1. The molecule has 0 amide bonds. The van der Waals surface area contributed by atoms with Crippen molar-refractivity contribution in [2.75, 3.05) is 49.4 Å². The van der Waals surface area contributed by atoms with Crippen molar-refractivity contribution in [1.29, 1.82) is 0 Å². The number of rotatable bonds is 7. The Morgan fingerprint density at radius 2 is 1.58 bits per heavy atom. The highest BCUT2D eigenvalue weighted by Crippen LogP contribution is 2.19. The van der Waals surface area contributed by atoms with Crippen LogP contribution in [0, 0.1) is 0 Å². The lowest BCUT2D eigenvalue weighted by molar-refractivity contribution is 0.0398. The molecule has 0 unspecified atom stereocenters. The maximum Gasteiger partial charge on any atom is 0.261 e. The van der Waals surface area contributed by atoms with E-state index in [1.54, 1.807) is 24.3 Å². The summed E-state index contributed by atoms with van der Waals surface area (Å²) in [5.74, 6) is 0. The standard InChI is InChI=1S/C18H22ClN3O3S/c19-15-1-7-18(8-2-15)26(23,24)21-17-5-3-16(4-6-17)20-9-10-22-11-13-25-14-12-22/h1-8,20-21H,9-14H2. The fraction of sp³-hybridized carbons (Fsp3) is 0.333. The van der Waals surface area contributed by atoms with E-state index in [9.17, 15) is 8.42 Å². The summed E-state index contributed by atoms with van der Waals surface area (Å²) in [6, 6.07) is 13.3. The first kappa shape index (κ1) is 19.0. The molecular weight excluding hydrogens is 374 g/mol. The lowest BCUT2D eigenvalue weighted by Gasteiger charge is -2.26. The van der Waals surface area contributed by atoms with Gasteiger partial charge < -0.3 is 10.1 Å². The zero-order valence-corrected chi connectivity index (χ0v) is 15.9. The molecule has 2 aromatic carbocycles. The average molecular weight is 396 g/mol. The molecule has 1 fully saturated rings. The monoisotopic (exact) mass is 395 g/mol. The Morgan fingerprint density at radius 1 is 0.962 bits per heavy atom. The van der Waals surface area contributed by atoms with Crippen LogP contribution in [0.2, 0.25) is 5.02 Å². The van der Waals surface area contributed by atoms with Gasteiger partial charge in [0.25, 0.3) is 10.0 Å². The second kappa shape index (κ2) is 8.73. The third kappa shape index (κ3) is 5.35. The minimum atomic E-state index is -3.62. The number of nitrogens with one attached hydrogen (secondary N) is 2. The van der Waals surface area contributed by atoms with Crippen molar-refractivity contribution < 1.29 is 13.2 Å². The number of benzene rings is 2. The van der Waals surface area contributed by atoms with Crippen LogP contribution in [0.15, 0.2) is 53.4 Å². The Labute approximate surface area is 159 Å². The Hall–Kier alpha value is -1.80. The highest BCUT2D eigenvalue weighted by Gasteiger charge is 2.14. The summed E-state index contributed by atoms with van der Waals surface area (Å²) in [5.41, 5.74) is 1.46. The maximum atomic E-state index is 12.4. The van der Waals surface area contributed by atoms with E-state index in [0.717, 1.165) is 45.1 Å². The molecule has 0 radical (unpaired) electrons. The molecule has 0 saturated carbocycles. The topological polar surface area (TPSA) is 70.7 Å². The van der Waals surface area contributed by atoms with Gasteiger partial charge in [0.1, 0.15) is 0 Å². The first-order valence-corrected chi connectivity index (χ1v) is 10.3. The summed E-state index contributed by atoms with van der Waals surface area (Å²) in [7, 11) is -3.62. The molecule has 8 heteroatoms. The molecular formula is C18H22ClN3O3S. The fourth-order valence-corrected chi connectivity index (χ4v) is 3.85. The van der Waals surface area contributed by atoms with Crippen molar-refractivity contribution in [2.24, 2.45) is 0 Å². The van der Waals surface area contributed by atoms with Gasteiger partial charge in [-0.1, -0.05) is 11.6 Å². The average Bonchev–Trinajstić information content (AvgIpc) is 2.64. The number of ether oxygens (including phenoxy) is 1. The van der Waals surface area contributed by atoms with E-state index < -0.39 is 10.0 Å². The fourth-order valence-electron chi connectivity index (χ4n) is 2.67. The molecule has 1 aliphatic heterocycles. The van der Waals surface area contributed by atoms with Crippen LogP contribution in [0.1, 0.15) is 0 Å². The lowest BCUT2D eigenvalue weighted by Crippen LogP contribution is -2.38. The van der Waals surface area contributed by atoms with Crippen molar-refractivity contribution in [3.8, 4) is 0 Å². The molecule has 1 saturated heterocycles. The van der Waals surface area contributed by atoms with Gasteiger partial charge in [0.05, 0.1) is 18.1 Å². The van der Waals surface area contributed by atoms with E-state index >= 15 is 0 Å². The Kier molecular flexibility index (Phi) is 6.37. The van der Waals surface area contributed by atoms with Crippen LogP contribution in [-0.2, 0) is 14.8 Å². The van der Waals surface area contributed by atoms with Crippen molar-refractivity contribution >= 4 is 33.0 Å². The van der Waals surface area contributed by atoms with Crippen LogP contribution in [0.3, 0.4) is 0 Å². The van der Waals surface area contributed by atoms with Crippen LogP contribution in [0.5, 0.6) is 0 Å². The third-order valence-electron chi connectivity index (χ3n) is 4.12. The Morgan fingerprint density at radius 3 is 2.23 bits per heavy atom. The summed E-state index contributed by atoms with van der Waals surface area (Å²) in [6.07, 6.45) is 0. The molecule has 0 atom stereocenters. The van der Waals surface area contributed by atoms with Crippen LogP contribution >= 0.6 is 11.6 Å². The molecule has 3 rings (SSSR count). The first-order chi connectivity index (χ1) is 12.5. The number of hydrogen-bond donors (Lipinski definition) is 2. The van der Waals surface area contributed by atoms with Gasteiger partial charge in [-0.2, -0.15) is 0 Å². The molecule has 0 aliphatic carbocycles. The summed E-state index contributed by atoms with van der Waals surface area (Å²) < 4.78 is 32.6. The van der Waals surface area contributed by atoms with Crippen molar-refractivity contribution in [1.82, 2.24) is 4.90 Å². The molecule has 0 bridgehead atoms. The predicted octanol–water partition coefficient (Wildman–Crippen LogP) is 2.88. The van der Waals surface area contributed by atoms with Gasteiger partial charge in [-0.05, 0) is 48.5 Å². The van der Waals surface area contributed by atoms with Gasteiger partial charge >= 0.3 is 0 Å². The number of halogens is 1. The maximum absolute atomic E-state index is 12.4. The van der Waals surface area contributed by atoms with Gasteiger partial charge in [0.15, 0.2) is 0 Å². The van der Waals surface area contributed by atoms with E-state index in [0.29, 0.717) is 10.7 Å². The van der Waals surface area contributed by atoms with Crippen molar-refractivity contribution in [3.63, 3.8) is 0 Å². The van der Waals surface area contributed by atoms with Crippen LogP contribution < -0.4 is 10.0 Å². The van der Waals surface area contributed by atoms with E-state index in [1.807, 2.05) is 12.1 Å². The van der Waals surface area contributed by atoms with Crippen LogP contribution in [0.4, 0.5) is 11.4 Å². The van der Waals surface area contributed by atoms with Gasteiger partial charge in [-0.15, -0.1) is 0 Å². The SMILES string of the molecule is O=S(=O)(Nc1ccc(NCCN2CCOCC2)cc1)c1ccc(Cl)cc1. The molecule has 6 nitrogen and oxygen atoms in total. The molecule has 2 N–H and O–H groups in total.